The number of nitrogens with zero attached hydrogens (tertiary/aromatic N) is 1. The van der Waals surface area contributed by atoms with Crippen molar-refractivity contribution in [2.24, 2.45) is 0 Å². The normalized spacial score (nSPS) is 6.60. The van der Waals surface area contributed by atoms with Crippen LogP contribution in [-0.2, 0) is 0 Å². The highest BCUT2D eigenvalue weighted by Crippen LogP contribution is 1.41. The van der Waals surface area contributed by atoms with Crippen molar-refractivity contribution < 1.29 is 5.03 Å². The third-order valence-electron chi connectivity index (χ3n) is 0.183. The van der Waals surface area contributed by atoms with Gasteiger partial charge in [0, 0.05) is 0 Å². The van der Waals surface area contributed by atoms with Crippen molar-refractivity contribution in [2.45, 2.75) is 0 Å². The lowest BCUT2D eigenvalue weighted by atomic mass is 11.5. The van der Waals surface area contributed by atoms with E-state index in [9.17, 15) is 0 Å². The molecule has 1 N–H and O–H groups in total. The predicted octanol–water partition coefficient (Wildman–Crippen LogP) is -0.602. The van der Waals surface area contributed by atoms with E-state index in [4.69, 9.17) is 10.1 Å². The zero-order chi connectivity index (χ0) is 4.28. The SMILES string of the molecule is CN[N+](=O)[O-]. The van der Waals surface area contributed by atoms with Crippen LogP contribution in [0.1, 0.15) is 0 Å². The average molecular weight is 76.1 g/mol. The van der Waals surface area contributed by atoms with Crippen LogP contribution in [0.3, 0.4) is 0 Å². The van der Waals surface area contributed by atoms with Gasteiger partial charge in [-0.05, 0) is 0 Å². The molecule has 0 amide bonds. The zero-order valence-electron chi connectivity index (χ0n) is 2.76. The zero-order valence-corrected chi connectivity index (χ0v) is 2.76. The van der Waals surface area contributed by atoms with Gasteiger partial charge in [-0.1, -0.05) is 0 Å². The van der Waals surface area contributed by atoms with Crippen LogP contribution in [-0.4, -0.2) is 12.1 Å². The second-order valence-electron chi connectivity index (χ2n) is 0.481. The molecule has 0 unspecified atom stereocenters. The number of rotatable bonds is 1. The summed E-state index contributed by atoms with van der Waals surface area (Å²) in [4.78, 5) is 9.06. The number of hydrogen-bond donors (Lipinski definition) is 1. The summed E-state index contributed by atoms with van der Waals surface area (Å²) in [6, 6.07) is 0. The fourth-order valence-electron chi connectivity index (χ4n) is 0. The predicted molar refractivity (Wildman–Crippen MR) is 16.1 cm³/mol. The van der Waals surface area contributed by atoms with Gasteiger partial charge in [0.1, 0.15) is 0 Å². The molecule has 5 heavy (non-hydrogen) atoms. The summed E-state index contributed by atoms with van der Waals surface area (Å²) in [5, 5.41) is 8.44. The molecule has 0 bridgehead atoms. The van der Waals surface area contributed by atoms with Gasteiger partial charge in [0.05, 0.1) is 7.05 Å². The Morgan fingerprint density at radius 2 is 2.20 bits per heavy atom. The molecular formula is CH4N2O2. The molecule has 0 aromatic carbocycles. The van der Waals surface area contributed by atoms with Crippen molar-refractivity contribution in [1.82, 2.24) is 5.43 Å². The second kappa shape index (κ2) is 1.51. The highest BCUT2D eigenvalue weighted by Gasteiger charge is 1.72. The van der Waals surface area contributed by atoms with Crippen molar-refractivity contribution in [3.63, 3.8) is 0 Å². The van der Waals surface area contributed by atoms with E-state index in [-0.39, 0.29) is 0 Å². The first-order valence-corrected chi connectivity index (χ1v) is 1.09. The van der Waals surface area contributed by atoms with E-state index in [0.717, 1.165) is 0 Å². The molecule has 0 aliphatic rings. The monoisotopic (exact) mass is 76.0 g/mol. The maximum absolute atomic E-state index is 9.06. The number of hydrazine groups is 1. The van der Waals surface area contributed by atoms with Crippen molar-refractivity contribution in [3.05, 3.63) is 10.1 Å². The molecule has 0 heterocycles. The maximum Gasteiger partial charge on any atom is 0.157 e. The fourth-order valence-corrected chi connectivity index (χ4v) is 0. The molecule has 0 aromatic rings. The summed E-state index contributed by atoms with van der Waals surface area (Å²) in [6.07, 6.45) is 0. The largest absolute Gasteiger partial charge is 0.235 e. The summed E-state index contributed by atoms with van der Waals surface area (Å²) in [6.45, 7) is 0. The first-order chi connectivity index (χ1) is 2.27. The van der Waals surface area contributed by atoms with Gasteiger partial charge in [0.25, 0.3) is 0 Å². The summed E-state index contributed by atoms with van der Waals surface area (Å²) < 4.78 is 0. The van der Waals surface area contributed by atoms with Crippen LogP contribution in [0.2, 0.25) is 0 Å². The molecule has 4 nitrogen and oxygen atoms in total. The van der Waals surface area contributed by atoms with E-state index < -0.39 is 5.03 Å². The topological polar surface area (TPSA) is 55.2 Å². The lowest BCUT2D eigenvalue weighted by Gasteiger charge is -1.76. The van der Waals surface area contributed by atoms with Crippen LogP contribution in [0.15, 0.2) is 0 Å². The van der Waals surface area contributed by atoms with Gasteiger partial charge in [-0.2, -0.15) is 0 Å². The summed E-state index contributed by atoms with van der Waals surface area (Å²) in [7, 11) is 1.25. The van der Waals surface area contributed by atoms with Crippen molar-refractivity contribution in [1.29, 1.82) is 0 Å². The Balaban J connectivity index is 2.85. The van der Waals surface area contributed by atoms with Gasteiger partial charge in [-0.3, -0.25) is 0 Å². The molecule has 30 valence electrons. The molecule has 0 spiro atoms. The molecule has 0 fully saturated rings. The van der Waals surface area contributed by atoms with E-state index >= 15 is 0 Å². The smallest absolute Gasteiger partial charge is 0.157 e. The number of nitro groups is 1. The maximum atomic E-state index is 9.06. The molecule has 0 radical (unpaired) electrons. The third kappa shape index (κ3) is 3.20. The van der Waals surface area contributed by atoms with Crippen LogP contribution < -0.4 is 5.43 Å². The summed E-state index contributed by atoms with van der Waals surface area (Å²) in [5.74, 6) is 0. The van der Waals surface area contributed by atoms with Gasteiger partial charge >= 0.3 is 0 Å². The first-order valence-electron chi connectivity index (χ1n) is 1.09. The van der Waals surface area contributed by atoms with E-state index in [1.165, 1.54) is 7.05 Å². The molecule has 0 rings (SSSR count). The second-order valence-corrected chi connectivity index (χ2v) is 0.481. The Labute approximate surface area is 28.9 Å². The molecule has 0 aromatic heterocycles. The van der Waals surface area contributed by atoms with E-state index in [0.29, 0.717) is 0 Å². The minimum absolute atomic E-state index is 0.625. The minimum Gasteiger partial charge on any atom is -0.235 e. The molecule has 0 atom stereocenters. The van der Waals surface area contributed by atoms with E-state index in [1.54, 1.807) is 5.43 Å². The van der Waals surface area contributed by atoms with Crippen molar-refractivity contribution in [3.8, 4) is 0 Å². The summed E-state index contributed by atoms with van der Waals surface area (Å²) >= 11 is 0. The van der Waals surface area contributed by atoms with Crippen molar-refractivity contribution in [2.75, 3.05) is 7.05 Å². The Hall–Kier alpha value is -0.800. The van der Waals surface area contributed by atoms with Crippen LogP contribution >= 0.6 is 0 Å². The van der Waals surface area contributed by atoms with Crippen LogP contribution in [0.25, 0.3) is 0 Å². The standard InChI is InChI=1S/CH4N2O2/c1-2-3(4)5/h2H,1H3. The molecule has 0 aliphatic heterocycles. The summed E-state index contributed by atoms with van der Waals surface area (Å²) in [5.41, 5.74) is 1.75. The van der Waals surface area contributed by atoms with Gasteiger partial charge in [-0.15, -0.1) is 5.43 Å². The number of nitrogens with one attached hydrogen (secondary N) is 1. The molecular weight excluding hydrogens is 72.0 g/mol. The fraction of sp³-hybridized carbons (Fsp3) is 1.00. The lowest BCUT2D eigenvalue weighted by molar-refractivity contribution is -0.538. The van der Waals surface area contributed by atoms with Gasteiger partial charge < -0.3 is 0 Å². The van der Waals surface area contributed by atoms with Crippen LogP contribution in [0.4, 0.5) is 0 Å². The van der Waals surface area contributed by atoms with Crippen LogP contribution in [0.5, 0.6) is 0 Å². The van der Waals surface area contributed by atoms with Gasteiger partial charge in [0.15, 0.2) is 5.03 Å². The van der Waals surface area contributed by atoms with Gasteiger partial charge in [0.2, 0.25) is 0 Å². The van der Waals surface area contributed by atoms with E-state index in [2.05, 4.69) is 0 Å². The van der Waals surface area contributed by atoms with Crippen molar-refractivity contribution >= 4 is 0 Å². The third-order valence-corrected chi connectivity index (χ3v) is 0.183. The highest BCUT2D eigenvalue weighted by molar-refractivity contribution is 3.95. The quantitative estimate of drug-likeness (QED) is 0.335. The Kier molecular flexibility index (Phi) is 1.27. The first kappa shape index (κ1) is 4.20. The Morgan fingerprint density at radius 3 is 2.20 bits per heavy atom. The molecule has 0 saturated carbocycles. The molecule has 0 saturated heterocycles. The number of hydrogen-bond acceptors (Lipinski definition) is 2. The lowest BCUT2D eigenvalue weighted by Crippen LogP contribution is -2.13. The Bertz CT molecular complexity index is 42.9. The van der Waals surface area contributed by atoms with E-state index in [1.807, 2.05) is 0 Å². The minimum atomic E-state index is -0.625. The van der Waals surface area contributed by atoms with Crippen LogP contribution in [0, 0.1) is 10.1 Å². The Morgan fingerprint density at radius 1 is 2.00 bits per heavy atom. The highest BCUT2D eigenvalue weighted by atomic mass is 16.7. The molecule has 0 aliphatic carbocycles. The molecule has 4 heteroatoms. The van der Waals surface area contributed by atoms with Gasteiger partial charge in [-0.25, -0.2) is 10.1 Å². The average Bonchev–Trinajstić information content (AvgIpc) is 1.38.